The van der Waals surface area contributed by atoms with Gasteiger partial charge in [0.2, 0.25) is 5.95 Å². The monoisotopic (exact) mass is 280 g/mol. The van der Waals surface area contributed by atoms with Gasteiger partial charge >= 0.3 is 0 Å². The highest BCUT2D eigenvalue weighted by Crippen LogP contribution is 2.21. The Morgan fingerprint density at radius 3 is 2.57 bits per heavy atom. The Morgan fingerprint density at radius 1 is 1.05 bits per heavy atom. The topological polar surface area (TPSA) is 73.1 Å². The Balaban J connectivity index is 1.84. The lowest BCUT2D eigenvalue weighted by molar-refractivity contribution is 0.414. The van der Waals surface area contributed by atoms with Gasteiger partial charge in [-0.05, 0) is 29.8 Å². The third-order valence-corrected chi connectivity index (χ3v) is 3.24. The molecular formula is C16H16N4O. The van der Waals surface area contributed by atoms with Crippen molar-refractivity contribution in [3.05, 3.63) is 54.1 Å². The number of methoxy groups -OCH3 is 1. The molecule has 0 bridgehead atoms. The van der Waals surface area contributed by atoms with E-state index in [0.29, 0.717) is 6.54 Å². The lowest BCUT2D eigenvalue weighted by atomic mass is 10.2. The van der Waals surface area contributed by atoms with E-state index in [0.717, 1.165) is 28.0 Å². The van der Waals surface area contributed by atoms with Crippen LogP contribution in [0.5, 0.6) is 5.75 Å². The molecule has 0 saturated heterocycles. The van der Waals surface area contributed by atoms with Gasteiger partial charge in [0, 0.05) is 11.9 Å². The maximum absolute atomic E-state index is 5.75. The average Bonchev–Trinajstić information content (AvgIpc) is 2.53. The molecule has 0 radical (unpaired) electrons. The first-order valence-corrected chi connectivity index (χ1v) is 6.65. The highest BCUT2D eigenvalue weighted by molar-refractivity contribution is 5.89. The number of fused-ring (bicyclic) bond motifs is 1. The molecule has 3 rings (SSSR count). The second-order valence-corrected chi connectivity index (χ2v) is 4.65. The quantitative estimate of drug-likeness (QED) is 0.768. The fourth-order valence-electron chi connectivity index (χ4n) is 2.16. The molecule has 5 heteroatoms. The molecule has 0 spiro atoms. The first kappa shape index (κ1) is 13.2. The van der Waals surface area contributed by atoms with Crippen LogP contribution in [0.15, 0.2) is 48.5 Å². The molecule has 3 N–H and O–H groups in total. The van der Waals surface area contributed by atoms with Crippen molar-refractivity contribution < 1.29 is 4.74 Å². The predicted octanol–water partition coefficient (Wildman–Crippen LogP) is 2.83. The van der Waals surface area contributed by atoms with Gasteiger partial charge in [-0.2, -0.15) is 4.98 Å². The maximum Gasteiger partial charge on any atom is 0.222 e. The molecule has 106 valence electrons. The van der Waals surface area contributed by atoms with E-state index in [-0.39, 0.29) is 5.95 Å². The molecule has 0 unspecified atom stereocenters. The zero-order valence-electron chi connectivity index (χ0n) is 11.7. The summed E-state index contributed by atoms with van der Waals surface area (Å²) in [7, 11) is 1.66. The predicted molar refractivity (Wildman–Crippen MR) is 84.3 cm³/mol. The SMILES string of the molecule is COc1ccc(CNc2nc(N)nc3ccccc23)cc1. The second kappa shape index (κ2) is 5.66. The largest absolute Gasteiger partial charge is 0.497 e. The van der Waals surface area contributed by atoms with Crippen LogP contribution in [0.3, 0.4) is 0 Å². The van der Waals surface area contributed by atoms with Crippen molar-refractivity contribution in [1.82, 2.24) is 9.97 Å². The molecule has 0 amide bonds. The van der Waals surface area contributed by atoms with E-state index in [9.17, 15) is 0 Å². The molecule has 3 aromatic rings. The molecule has 0 saturated carbocycles. The molecule has 5 nitrogen and oxygen atoms in total. The molecular weight excluding hydrogens is 264 g/mol. The molecule has 0 aliphatic rings. The van der Waals surface area contributed by atoms with E-state index in [2.05, 4.69) is 15.3 Å². The summed E-state index contributed by atoms with van der Waals surface area (Å²) >= 11 is 0. The minimum absolute atomic E-state index is 0.269. The van der Waals surface area contributed by atoms with Crippen LogP contribution >= 0.6 is 0 Å². The number of nitrogens with two attached hydrogens (primary N) is 1. The van der Waals surface area contributed by atoms with Crippen LogP contribution in [0.25, 0.3) is 10.9 Å². The minimum Gasteiger partial charge on any atom is -0.497 e. The zero-order valence-corrected chi connectivity index (χ0v) is 11.7. The number of nitrogen functional groups attached to an aromatic ring is 1. The van der Waals surface area contributed by atoms with Crippen molar-refractivity contribution in [2.45, 2.75) is 6.54 Å². The van der Waals surface area contributed by atoms with Gasteiger partial charge in [-0.3, -0.25) is 0 Å². The van der Waals surface area contributed by atoms with E-state index in [1.165, 1.54) is 0 Å². The van der Waals surface area contributed by atoms with Gasteiger partial charge in [0.15, 0.2) is 0 Å². The smallest absolute Gasteiger partial charge is 0.222 e. The summed E-state index contributed by atoms with van der Waals surface area (Å²) in [5, 5.41) is 4.27. The molecule has 21 heavy (non-hydrogen) atoms. The van der Waals surface area contributed by atoms with Gasteiger partial charge in [-0.25, -0.2) is 4.98 Å². The normalized spacial score (nSPS) is 10.5. The Labute approximate surface area is 122 Å². The average molecular weight is 280 g/mol. The van der Waals surface area contributed by atoms with Crippen LogP contribution < -0.4 is 15.8 Å². The molecule has 2 aromatic carbocycles. The van der Waals surface area contributed by atoms with Crippen LogP contribution in [-0.2, 0) is 6.54 Å². The van der Waals surface area contributed by atoms with Crippen molar-refractivity contribution in [3.63, 3.8) is 0 Å². The summed E-state index contributed by atoms with van der Waals surface area (Å²) in [6, 6.07) is 15.7. The highest BCUT2D eigenvalue weighted by Gasteiger charge is 2.05. The molecule has 0 atom stereocenters. The summed E-state index contributed by atoms with van der Waals surface area (Å²) in [6.45, 7) is 0.657. The van der Waals surface area contributed by atoms with E-state index in [1.54, 1.807) is 7.11 Å². The van der Waals surface area contributed by atoms with Crippen molar-refractivity contribution in [2.24, 2.45) is 0 Å². The zero-order chi connectivity index (χ0) is 14.7. The number of anilines is 2. The number of ether oxygens (including phenoxy) is 1. The molecule has 1 aromatic heterocycles. The van der Waals surface area contributed by atoms with Crippen molar-refractivity contribution in [1.29, 1.82) is 0 Å². The number of hydrogen-bond acceptors (Lipinski definition) is 5. The lowest BCUT2D eigenvalue weighted by Gasteiger charge is -2.10. The number of para-hydroxylation sites is 1. The Hall–Kier alpha value is -2.82. The van der Waals surface area contributed by atoms with E-state index in [4.69, 9.17) is 10.5 Å². The fraction of sp³-hybridized carbons (Fsp3) is 0.125. The summed E-state index contributed by atoms with van der Waals surface area (Å²) in [5.74, 6) is 1.86. The minimum atomic E-state index is 0.269. The molecule has 1 heterocycles. The summed E-state index contributed by atoms with van der Waals surface area (Å²) < 4.78 is 5.15. The summed E-state index contributed by atoms with van der Waals surface area (Å²) in [6.07, 6.45) is 0. The molecule has 0 aliphatic heterocycles. The van der Waals surface area contributed by atoms with Gasteiger partial charge in [-0.1, -0.05) is 24.3 Å². The van der Waals surface area contributed by atoms with Gasteiger partial charge in [0.1, 0.15) is 11.6 Å². The summed E-state index contributed by atoms with van der Waals surface area (Å²) in [4.78, 5) is 8.51. The van der Waals surface area contributed by atoms with E-state index >= 15 is 0 Å². The standard InChI is InChI=1S/C16H16N4O/c1-21-12-8-6-11(7-9-12)10-18-15-13-4-2-3-5-14(13)19-16(17)20-15/h2-9H,10H2,1H3,(H3,17,18,19,20). The van der Waals surface area contributed by atoms with Gasteiger partial charge in [-0.15, -0.1) is 0 Å². The number of nitrogens with zero attached hydrogens (tertiary/aromatic N) is 2. The van der Waals surface area contributed by atoms with Gasteiger partial charge < -0.3 is 15.8 Å². The highest BCUT2D eigenvalue weighted by atomic mass is 16.5. The Bertz CT molecular complexity index is 756. The number of rotatable bonds is 4. The first-order valence-electron chi connectivity index (χ1n) is 6.65. The van der Waals surface area contributed by atoms with Crippen LogP contribution in [0.4, 0.5) is 11.8 Å². The Kier molecular flexibility index (Phi) is 3.55. The molecule has 0 aliphatic carbocycles. The summed E-state index contributed by atoms with van der Waals surface area (Å²) in [5.41, 5.74) is 7.72. The second-order valence-electron chi connectivity index (χ2n) is 4.65. The van der Waals surface area contributed by atoms with Crippen molar-refractivity contribution in [3.8, 4) is 5.75 Å². The number of nitrogens with one attached hydrogen (secondary N) is 1. The van der Waals surface area contributed by atoms with E-state index in [1.807, 2.05) is 48.5 Å². The Morgan fingerprint density at radius 2 is 1.81 bits per heavy atom. The number of aromatic nitrogens is 2. The van der Waals surface area contributed by atoms with E-state index < -0.39 is 0 Å². The third-order valence-electron chi connectivity index (χ3n) is 3.24. The third kappa shape index (κ3) is 2.86. The lowest BCUT2D eigenvalue weighted by Crippen LogP contribution is -2.05. The number of hydrogen-bond donors (Lipinski definition) is 2. The van der Waals surface area contributed by atoms with Crippen LogP contribution in [0.1, 0.15) is 5.56 Å². The number of benzene rings is 2. The van der Waals surface area contributed by atoms with Crippen LogP contribution in [0, 0.1) is 0 Å². The van der Waals surface area contributed by atoms with Crippen molar-refractivity contribution >= 4 is 22.7 Å². The fourth-order valence-corrected chi connectivity index (χ4v) is 2.16. The molecule has 0 fully saturated rings. The maximum atomic E-state index is 5.75. The van der Waals surface area contributed by atoms with Gasteiger partial charge in [0.25, 0.3) is 0 Å². The van der Waals surface area contributed by atoms with Crippen molar-refractivity contribution in [2.75, 3.05) is 18.2 Å². The van der Waals surface area contributed by atoms with Crippen LogP contribution in [0.2, 0.25) is 0 Å². The van der Waals surface area contributed by atoms with Gasteiger partial charge in [0.05, 0.1) is 12.6 Å². The first-order chi connectivity index (χ1) is 10.3. The van der Waals surface area contributed by atoms with Crippen LogP contribution in [-0.4, -0.2) is 17.1 Å².